The molecule has 1 saturated carbocycles. The number of ether oxygens (including phenoxy) is 1. The van der Waals surface area contributed by atoms with Gasteiger partial charge in [-0.05, 0) is 50.8 Å². The van der Waals surface area contributed by atoms with Crippen LogP contribution in [0.1, 0.15) is 48.5 Å². The predicted octanol–water partition coefficient (Wildman–Crippen LogP) is 2.33. The van der Waals surface area contributed by atoms with Gasteiger partial charge in [0.25, 0.3) is 11.8 Å². The van der Waals surface area contributed by atoms with Crippen LogP contribution < -0.4 is 5.32 Å². The van der Waals surface area contributed by atoms with Crippen molar-refractivity contribution in [1.82, 2.24) is 9.80 Å². The number of rotatable bonds is 6. The summed E-state index contributed by atoms with van der Waals surface area (Å²) in [5, 5.41) is 12.1. The van der Waals surface area contributed by atoms with E-state index in [-0.39, 0.29) is 30.2 Å². The first-order valence-corrected chi connectivity index (χ1v) is 10.5. The smallest absolute Gasteiger partial charge is 0.407 e. The van der Waals surface area contributed by atoms with Crippen molar-refractivity contribution < 1.29 is 29.0 Å². The van der Waals surface area contributed by atoms with Crippen molar-refractivity contribution in [1.29, 1.82) is 0 Å². The third kappa shape index (κ3) is 4.26. The third-order valence-electron chi connectivity index (χ3n) is 5.88. The van der Waals surface area contributed by atoms with Gasteiger partial charge in [-0.1, -0.05) is 0 Å². The van der Waals surface area contributed by atoms with Crippen molar-refractivity contribution in [3.63, 3.8) is 0 Å². The molecular formula is C22H25N3O6. The SMILES string of the molecule is CCOC(=O)C=C1C(=O)Nc2ccc(C(=O)N(CC3CCCN3C(=O)O)C3CC3)cc21. The number of likely N-dealkylation sites (tertiary alicyclic amines) is 1. The van der Waals surface area contributed by atoms with Crippen LogP contribution in [-0.2, 0) is 14.3 Å². The molecule has 9 nitrogen and oxygen atoms in total. The molecule has 1 aromatic carbocycles. The Kier molecular flexibility index (Phi) is 5.67. The Labute approximate surface area is 179 Å². The number of fused-ring (bicyclic) bond motifs is 1. The largest absolute Gasteiger partial charge is 0.465 e. The second kappa shape index (κ2) is 8.41. The number of benzene rings is 1. The fourth-order valence-electron chi connectivity index (χ4n) is 4.22. The van der Waals surface area contributed by atoms with Gasteiger partial charge in [0, 0.05) is 42.0 Å². The first-order valence-electron chi connectivity index (χ1n) is 10.5. The topological polar surface area (TPSA) is 116 Å². The van der Waals surface area contributed by atoms with Crippen molar-refractivity contribution in [2.24, 2.45) is 0 Å². The van der Waals surface area contributed by atoms with Crippen LogP contribution in [0.2, 0.25) is 0 Å². The van der Waals surface area contributed by atoms with Crippen molar-refractivity contribution in [3.8, 4) is 0 Å². The van der Waals surface area contributed by atoms with Gasteiger partial charge in [0.15, 0.2) is 0 Å². The molecule has 1 aromatic rings. The van der Waals surface area contributed by atoms with Gasteiger partial charge in [0.1, 0.15) is 0 Å². The zero-order chi connectivity index (χ0) is 22.1. The van der Waals surface area contributed by atoms with Crippen molar-refractivity contribution in [3.05, 3.63) is 35.4 Å². The Hall–Kier alpha value is -3.36. The normalized spacial score (nSPS) is 21.1. The second-order valence-electron chi connectivity index (χ2n) is 7.99. The molecule has 1 atom stereocenters. The molecule has 2 N–H and O–H groups in total. The predicted molar refractivity (Wildman–Crippen MR) is 111 cm³/mol. The number of amides is 3. The Morgan fingerprint density at radius 1 is 1.29 bits per heavy atom. The molecule has 1 unspecified atom stereocenters. The van der Waals surface area contributed by atoms with Gasteiger partial charge in [-0.25, -0.2) is 9.59 Å². The van der Waals surface area contributed by atoms with Gasteiger partial charge in [-0.2, -0.15) is 0 Å². The summed E-state index contributed by atoms with van der Waals surface area (Å²) in [7, 11) is 0. The van der Waals surface area contributed by atoms with Gasteiger partial charge >= 0.3 is 12.1 Å². The van der Waals surface area contributed by atoms with Gasteiger partial charge in [-0.15, -0.1) is 0 Å². The molecule has 0 aromatic heterocycles. The Morgan fingerprint density at radius 3 is 2.74 bits per heavy atom. The number of carbonyl (C=O) groups excluding carboxylic acids is 3. The van der Waals surface area contributed by atoms with Gasteiger partial charge < -0.3 is 25.0 Å². The van der Waals surface area contributed by atoms with Crippen LogP contribution >= 0.6 is 0 Å². The molecular weight excluding hydrogens is 402 g/mol. The minimum absolute atomic E-state index is 0.103. The number of hydrogen-bond donors (Lipinski definition) is 2. The number of nitrogens with one attached hydrogen (secondary N) is 1. The first kappa shape index (κ1) is 20.9. The molecule has 3 aliphatic rings. The lowest BCUT2D eigenvalue weighted by molar-refractivity contribution is -0.137. The van der Waals surface area contributed by atoms with Crippen molar-refractivity contribution >= 4 is 35.1 Å². The minimum Gasteiger partial charge on any atom is -0.465 e. The van der Waals surface area contributed by atoms with Crippen molar-refractivity contribution in [2.45, 2.75) is 44.7 Å². The maximum Gasteiger partial charge on any atom is 0.407 e. The lowest BCUT2D eigenvalue weighted by Gasteiger charge is -2.30. The summed E-state index contributed by atoms with van der Waals surface area (Å²) in [6.45, 7) is 2.72. The summed E-state index contributed by atoms with van der Waals surface area (Å²) in [6.07, 6.45) is 3.49. The number of nitrogens with zero attached hydrogens (tertiary/aromatic N) is 2. The second-order valence-corrected chi connectivity index (χ2v) is 7.99. The summed E-state index contributed by atoms with van der Waals surface area (Å²) < 4.78 is 4.90. The maximum atomic E-state index is 13.3. The van der Waals surface area contributed by atoms with E-state index in [1.54, 1.807) is 30.0 Å². The van der Waals surface area contributed by atoms with Crippen LogP contribution in [0, 0.1) is 0 Å². The average molecular weight is 427 g/mol. The van der Waals surface area contributed by atoms with E-state index in [2.05, 4.69) is 5.32 Å². The molecule has 0 spiro atoms. The molecule has 31 heavy (non-hydrogen) atoms. The molecule has 1 aliphatic carbocycles. The Balaban J connectivity index is 1.58. The van der Waals surface area contributed by atoms with E-state index in [1.807, 2.05) is 0 Å². The Morgan fingerprint density at radius 2 is 2.06 bits per heavy atom. The lowest BCUT2D eigenvalue weighted by atomic mass is 10.0. The van der Waals surface area contributed by atoms with E-state index in [0.29, 0.717) is 29.9 Å². The van der Waals surface area contributed by atoms with Crippen LogP contribution in [-0.4, -0.2) is 70.6 Å². The molecule has 164 valence electrons. The summed E-state index contributed by atoms with van der Waals surface area (Å²) in [6, 6.07) is 4.80. The molecule has 2 heterocycles. The van der Waals surface area contributed by atoms with E-state index in [9.17, 15) is 24.3 Å². The number of anilines is 1. The quantitative estimate of drug-likeness (QED) is 0.532. The summed E-state index contributed by atoms with van der Waals surface area (Å²) in [5.74, 6) is -1.24. The highest BCUT2D eigenvalue weighted by molar-refractivity contribution is 6.33. The van der Waals surface area contributed by atoms with E-state index in [0.717, 1.165) is 31.8 Å². The minimum atomic E-state index is -0.957. The third-order valence-corrected chi connectivity index (χ3v) is 5.88. The van der Waals surface area contributed by atoms with Gasteiger partial charge in [-0.3, -0.25) is 9.59 Å². The highest BCUT2D eigenvalue weighted by Gasteiger charge is 2.38. The highest BCUT2D eigenvalue weighted by atomic mass is 16.5. The van der Waals surface area contributed by atoms with Crippen LogP contribution in [0.5, 0.6) is 0 Å². The lowest BCUT2D eigenvalue weighted by Crippen LogP contribution is -2.45. The zero-order valence-corrected chi connectivity index (χ0v) is 17.3. The molecule has 0 bridgehead atoms. The van der Waals surface area contributed by atoms with Crippen molar-refractivity contribution in [2.75, 3.05) is 25.0 Å². The number of carboxylic acid groups (broad SMARTS) is 1. The van der Waals surface area contributed by atoms with Crippen LogP contribution in [0.15, 0.2) is 24.3 Å². The molecule has 4 rings (SSSR count). The number of hydrogen-bond acceptors (Lipinski definition) is 5. The maximum absolute atomic E-state index is 13.3. The standard InChI is InChI=1S/C22H25N3O6/c1-2-31-19(26)11-17-16-10-13(5-8-18(16)23-20(17)27)21(28)25(14-6-7-14)12-15-4-3-9-24(15)22(29)30/h5,8,10-11,14-15H,2-4,6-7,9,12H2,1H3,(H,23,27)(H,29,30). The molecule has 2 fully saturated rings. The van der Waals surface area contributed by atoms with Crippen LogP contribution in [0.3, 0.4) is 0 Å². The fourth-order valence-corrected chi connectivity index (χ4v) is 4.22. The van der Waals surface area contributed by atoms with E-state index < -0.39 is 18.0 Å². The van der Waals surface area contributed by atoms with Gasteiger partial charge in [0.05, 0.1) is 18.2 Å². The number of carbonyl (C=O) groups is 4. The average Bonchev–Trinajstić information content (AvgIpc) is 3.38. The molecule has 1 saturated heterocycles. The van der Waals surface area contributed by atoms with Crippen LogP contribution in [0.4, 0.5) is 10.5 Å². The van der Waals surface area contributed by atoms with E-state index in [4.69, 9.17) is 4.74 Å². The fraction of sp³-hybridized carbons (Fsp3) is 0.455. The first-order chi connectivity index (χ1) is 14.9. The Bertz CT molecular complexity index is 968. The molecule has 0 radical (unpaired) electrons. The summed E-state index contributed by atoms with van der Waals surface area (Å²) in [5.41, 5.74) is 1.57. The van der Waals surface area contributed by atoms with Crippen LogP contribution in [0.25, 0.3) is 5.57 Å². The van der Waals surface area contributed by atoms with Gasteiger partial charge in [0.2, 0.25) is 0 Å². The number of esters is 1. The molecule has 2 aliphatic heterocycles. The van der Waals surface area contributed by atoms with E-state index in [1.165, 1.54) is 4.90 Å². The monoisotopic (exact) mass is 427 g/mol. The van der Waals surface area contributed by atoms with E-state index >= 15 is 0 Å². The molecule has 9 heteroatoms. The summed E-state index contributed by atoms with van der Waals surface area (Å²) in [4.78, 5) is 52.1. The highest BCUT2D eigenvalue weighted by Crippen LogP contribution is 2.35. The molecule has 3 amide bonds. The summed E-state index contributed by atoms with van der Waals surface area (Å²) >= 11 is 0. The zero-order valence-electron chi connectivity index (χ0n) is 17.3.